The molecule has 2 aliphatic rings. The van der Waals surface area contributed by atoms with Crippen LogP contribution in [0.2, 0.25) is 5.02 Å². The lowest BCUT2D eigenvalue weighted by Gasteiger charge is -2.39. The second-order valence-corrected chi connectivity index (χ2v) is 8.42. The monoisotopic (exact) mass is 454 g/mol. The molecule has 1 amide bonds. The Kier molecular flexibility index (Phi) is 6.65. The third-order valence-corrected chi connectivity index (χ3v) is 6.04. The molecule has 1 N–H and O–H groups in total. The van der Waals surface area contributed by atoms with Gasteiger partial charge in [-0.25, -0.2) is 4.99 Å². The maximum absolute atomic E-state index is 13.0. The predicted molar refractivity (Wildman–Crippen MR) is 125 cm³/mol. The Labute approximate surface area is 193 Å². The molecule has 2 aromatic carbocycles. The molecule has 2 atom stereocenters. The van der Waals surface area contributed by atoms with Crippen molar-refractivity contribution in [3.05, 3.63) is 64.7 Å². The molecule has 168 valence electrons. The van der Waals surface area contributed by atoms with Crippen LogP contribution in [0.15, 0.2) is 53.5 Å². The van der Waals surface area contributed by atoms with E-state index in [0.29, 0.717) is 24.1 Å². The van der Waals surface area contributed by atoms with Crippen molar-refractivity contribution >= 4 is 35.1 Å². The van der Waals surface area contributed by atoms with E-state index in [-0.39, 0.29) is 12.5 Å². The number of ether oxygens (including phenoxy) is 1. The van der Waals surface area contributed by atoms with E-state index in [4.69, 9.17) is 21.3 Å². The van der Waals surface area contributed by atoms with Gasteiger partial charge in [-0.05, 0) is 43.7 Å². The number of guanidine groups is 1. The highest BCUT2D eigenvalue weighted by Gasteiger charge is 2.42. The number of aliphatic imine (C=N–C) groups is 1. The van der Waals surface area contributed by atoms with E-state index in [9.17, 15) is 9.59 Å². The number of amides is 1. The van der Waals surface area contributed by atoms with Crippen molar-refractivity contribution in [3.63, 3.8) is 0 Å². The standard InChI is InChI=1S/C24H27ClN4O3/c1-3-32-23(31)20-21(17-6-4-5-16(2)15-17)26-24(27-22(20)30)29-13-11-28(12-14-29)19-9-7-18(25)8-10-19/h4-10,15,20-21H,3,11-14H2,1-2H3,(H,26,27,30)/t20-,21+/m1/s1. The van der Waals surface area contributed by atoms with Gasteiger partial charge in [0.25, 0.3) is 0 Å². The minimum Gasteiger partial charge on any atom is -0.465 e. The molecular weight excluding hydrogens is 428 g/mol. The number of rotatable bonds is 4. The number of anilines is 1. The minimum atomic E-state index is -1.00. The van der Waals surface area contributed by atoms with Crippen LogP contribution >= 0.6 is 11.6 Å². The summed E-state index contributed by atoms with van der Waals surface area (Å²) in [6.07, 6.45) is 0. The molecule has 0 saturated carbocycles. The molecule has 1 fully saturated rings. The Balaban J connectivity index is 1.56. The van der Waals surface area contributed by atoms with Gasteiger partial charge in [0.1, 0.15) is 6.04 Å². The number of carbonyl (C=O) groups excluding carboxylic acids is 2. The van der Waals surface area contributed by atoms with Crippen LogP contribution in [0, 0.1) is 12.8 Å². The van der Waals surface area contributed by atoms with Gasteiger partial charge in [-0.15, -0.1) is 0 Å². The molecule has 0 spiro atoms. The summed E-state index contributed by atoms with van der Waals surface area (Å²) in [7, 11) is 0. The average Bonchev–Trinajstić information content (AvgIpc) is 2.79. The van der Waals surface area contributed by atoms with Gasteiger partial charge in [0.15, 0.2) is 5.92 Å². The van der Waals surface area contributed by atoms with E-state index in [2.05, 4.69) is 15.1 Å². The lowest BCUT2D eigenvalue weighted by Crippen LogP contribution is -2.57. The predicted octanol–water partition coefficient (Wildman–Crippen LogP) is 3.18. The highest BCUT2D eigenvalue weighted by molar-refractivity contribution is 6.30. The number of hydrogen-bond donors (Lipinski definition) is 1. The highest BCUT2D eigenvalue weighted by Crippen LogP contribution is 2.31. The van der Waals surface area contributed by atoms with Gasteiger partial charge in [-0.2, -0.15) is 0 Å². The molecule has 32 heavy (non-hydrogen) atoms. The van der Waals surface area contributed by atoms with Crippen molar-refractivity contribution < 1.29 is 14.3 Å². The summed E-state index contributed by atoms with van der Waals surface area (Å²) < 4.78 is 5.19. The third kappa shape index (κ3) is 4.72. The molecule has 0 bridgehead atoms. The summed E-state index contributed by atoms with van der Waals surface area (Å²) in [5.74, 6) is -1.42. The first kappa shape index (κ1) is 22.1. The summed E-state index contributed by atoms with van der Waals surface area (Å²) in [6, 6.07) is 14.9. The van der Waals surface area contributed by atoms with E-state index in [1.807, 2.05) is 55.5 Å². The molecule has 4 rings (SSSR count). The van der Waals surface area contributed by atoms with E-state index in [1.165, 1.54) is 0 Å². The largest absolute Gasteiger partial charge is 0.465 e. The molecule has 2 aromatic rings. The van der Waals surface area contributed by atoms with Crippen molar-refractivity contribution in [3.8, 4) is 0 Å². The molecule has 2 aliphatic heterocycles. The number of hydrogen-bond acceptors (Lipinski definition) is 6. The number of nitrogens with one attached hydrogen (secondary N) is 1. The fourth-order valence-corrected chi connectivity index (χ4v) is 4.27. The smallest absolute Gasteiger partial charge is 0.321 e. The fourth-order valence-electron chi connectivity index (χ4n) is 4.15. The highest BCUT2D eigenvalue weighted by atomic mass is 35.5. The Hall–Kier alpha value is -3.06. The Bertz CT molecular complexity index is 1020. The quantitative estimate of drug-likeness (QED) is 0.567. The van der Waals surface area contributed by atoms with Gasteiger partial charge in [-0.3, -0.25) is 14.9 Å². The van der Waals surface area contributed by atoms with Crippen molar-refractivity contribution in [1.29, 1.82) is 0 Å². The number of aryl methyl sites for hydroxylation is 1. The normalized spacial score (nSPS) is 21.1. The molecule has 7 nitrogen and oxygen atoms in total. The average molecular weight is 455 g/mol. The number of esters is 1. The minimum absolute atomic E-state index is 0.215. The van der Waals surface area contributed by atoms with Crippen LogP contribution in [0.3, 0.4) is 0 Å². The first-order valence-electron chi connectivity index (χ1n) is 10.8. The lowest BCUT2D eigenvalue weighted by molar-refractivity contribution is -0.153. The molecule has 1 saturated heterocycles. The summed E-state index contributed by atoms with van der Waals surface area (Å²) in [6.45, 7) is 6.90. The van der Waals surface area contributed by atoms with Crippen molar-refractivity contribution in [1.82, 2.24) is 10.2 Å². The van der Waals surface area contributed by atoms with E-state index >= 15 is 0 Å². The molecular formula is C24H27ClN4O3. The number of nitrogens with zero attached hydrogens (tertiary/aromatic N) is 3. The summed E-state index contributed by atoms with van der Waals surface area (Å²) in [5.41, 5.74) is 2.99. The van der Waals surface area contributed by atoms with Crippen LogP contribution < -0.4 is 10.2 Å². The second kappa shape index (κ2) is 9.61. The van der Waals surface area contributed by atoms with Crippen molar-refractivity contribution in [2.45, 2.75) is 19.9 Å². The van der Waals surface area contributed by atoms with Gasteiger partial charge in [0.05, 0.1) is 6.61 Å². The first-order chi connectivity index (χ1) is 15.5. The Morgan fingerprint density at radius 3 is 2.47 bits per heavy atom. The topological polar surface area (TPSA) is 74.2 Å². The van der Waals surface area contributed by atoms with Gasteiger partial charge >= 0.3 is 5.97 Å². The van der Waals surface area contributed by atoms with Crippen molar-refractivity contribution in [2.24, 2.45) is 10.9 Å². The van der Waals surface area contributed by atoms with E-state index in [0.717, 1.165) is 29.9 Å². The maximum Gasteiger partial charge on any atom is 0.321 e. The second-order valence-electron chi connectivity index (χ2n) is 7.98. The van der Waals surface area contributed by atoms with E-state index in [1.54, 1.807) is 6.92 Å². The Morgan fingerprint density at radius 2 is 1.81 bits per heavy atom. The molecule has 8 heteroatoms. The number of benzene rings is 2. The van der Waals surface area contributed by atoms with Gasteiger partial charge in [0, 0.05) is 36.9 Å². The van der Waals surface area contributed by atoms with Crippen LogP contribution in [0.25, 0.3) is 0 Å². The lowest BCUT2D eigenvalue weighted by atomic mass is 9.90. The van der Waals surface area contributed by atoms with Crippen LogP contribution in [0.1, 0.15) is 24.1 Å². The van der Waals surface area contributed by atoms with Gasteiger partial charge in [0.2, 0.25) is 11.9 Å². The van der Waals surface area contributed by atoms with Crippen LogP contribution in [-0.2, 0) is 14.3 Å². The van der Waals surface area contributed by atoms with Crippen LogP contribution in [-0.4, -0.2) is 55.5 Å². The zero-order valence-corrected chi connectivity index (χ0v) is 19.0. The summed E-state index contributed by atoms with van der Waals surface area (Å²) >= 11 is 6.00. The number of carbonyl (C=O) groups is 2. The first-order valence-corrected chi connectivity index (χ1v) is 11.2. The zero-order valence-electron chi connectivity index (χ0n) is 18.3. The molecule has 2 heterocycles. The maximum atomic E-state index is 13.0. The van der Waals surface area contributed by atoms with Gasteiger partial charge < -0.3 is 14.5 Å². The van der Waals surface area contributed by atoms with Gasteiger partial charge in [-0.1, -0.05) is 41.4 Å². The summed E-state index contributed by atoms with van der Waals surface area (Å²) in [5, 5.41) is 3.57. The number of piperazine rings is 1. The molecule has 0 aliphatic carbocycles. The Morgan fingerprint density at radius 1 is 1.12 bits per heavy atom. The number of halogens is 1. The molecule has 0 aromatic heterocycles. The van der Waals surface area contributed by atoms with Crippen molar-refractivity contribution in [2.75, 3.05) is 37.7 Å². The molecule has 0 radical (unpaired) electrons. The zero-order chi connectivity index (χ0) is 22.7. The molecule has 0 unspecified atom stereocenters. The van der Waals surface area contributed by atoms with E-state index < -0.39 is 17.9 Å². The third-order valence-electron chi connectivity index (χ3n) is 5.79. The van der Waals surface area contributed by atoms with Crippen LogP contribution in [0.5, 0.6) is 0 Å². The summed E-state index contributed by atoms with van der Waals surface area (Å²) in [4.78, 5) is 34.8. The van der Waals surface area contributed by atoms with Crippen LogP contribution in [0.4, 0.5) is 5.69 Å². The fraction of sp³-hybridized carbons (Fsp3) is 0.375. The SMILES string of the molecule is CCOC(=O)[C@H]1C(=O)NC(N2CCN(c3ccc(Cl)cc3)CC2)=N[C@H]1c1cccc(C)c1.